The van der Waals surface area contributed by atoms with Crippen molar-refractivity contribution in [3.05, 3.63) is 27.7 Å². The normalized spacial score (nSPS) is 10.9. The van der Waals surface area contributed by atoms with Crippen LogP contribution in [0.2, 0.25) is 0 Å². The average molecular weight is 232 g/mol. The van der Waals surface area contributed by atoms with Gasteiger partial charge in [-0.1, -0.05) is 0 Å². The van der Waals surface area contributed by atoms with E-state index in [1.165, 1.54) is 6.92 Å². The van der Waals surface area contributed by atoms with Crippen LogP contribution < -0.4 is 10.3 Å². The van der Waals surface area contributed by atoms with Crippen molar-refractivity contribution in [2.24, 2.45) is 0 Å². The summed E-state index contributed by atoms with van der Waals surface area (Å²) in [7, 11) is 0. The maximum atomic E-state index is 11.9. The average Bonchev–Trinajstić information content (AvgIpc) is 2.11. The molecule has 0 bridgehead atoms. The zero-order valence-electron chi connectivity index (χ0n) is 8.18. The van der Waals surface area contributed by atoms with E-state index >= 15 is 0 Å². The fourth-order valence-corrected chi connectivity index (χ4v) is 1.11. The van der Waals surface area contributed by atoms with Crippen LogP contribution in [0.25, 0.3) is 0 Å². The van der Waals surface area contributed by atoms with Gasteiger partial charge >= 0.3 is 6.36 Å². The maximum Gasteiger partial charge on any atom is 0.573 e. The molecule has 1 heterocycles. The number of ether oxygens (including phenoxy) is 1. The summed E-state index contributed by atoms with van der Waals surface area (Å²) in [6, 6.07) is 2.74. The number of aromatic amines is 1. The highest BCUT2D eigenvalue weighted by Crippen LogP contribution is 2.20. The minimum absolute atomic E-state index is 0.0760. The third-order valence-electron chi connectivity index (χ3n) is 1.79. The summed E-state index contributed by atoms with van der Waals surface area (Å²) in [6.45, 7) is 1.48. The first-order chi connectivity index (χ1) is 7.33. The molecule has 86 valence electrons. The molecule has 7 heteroatoms. The quantitative estimate of drug-likeness (QED) is 0.842. The van der Waals surface area contributed by atoms with E-state index in [1.807, 2.05) is 0 Å². The Bertz CT molecular complexity index is 485. The first-order valence-corrected chi connectivity index (χ1v) is 4.19. The van der Waals surface area contributed by atoms with Crippen LogP contribution in [0, 0.1) is 18.3 Å². The Morgan fingerprint density at radius 2 is 2.19 bits per heavy atom. The van der Waals surface area contributed by atoms with Crippen molar-refractivity contribution in [1.82, 2.24) is 4.98 Å². The van der Waals surface area contributed by atoms with Gasteiger partial charge in [0.05, 0.1) is 12.5 Å². The van der Waals surface area contributed by atoms with Crippen LogP contribution in [0.1, 0.15) is 11.3 Å². The third-order valence-corrected chi connectivity index (χ3v) is 1.79. The van der Waals surface area contributed by atoms with E-state index in [2.05, 4.69) is 9.72 Å². The van der Waals surface area contributed by atoms with Gasteiger partial charge in [0, 0.05) is 5.69 Å². The van der Waals surface area contributed by atoms with Crippen LogP contribution in [0.4, 0.5) is 13.2 Å². The molecule has 1 aromatic rings. The summed E-state index contributed by atoms with van der Waals surface area (Å²) in [5.74, 6) is -0.827. The Hall–Kier alpha value is -1.97. The van der Waals surface area contributed by atoms with Crippen LogP contribution in [-0.4, -0.2) is 11.3 Å². The number of H-pyrrole nitrogens is 1. The fourth-order valence-electron chi connectivity index (χ4n) is 1.11. The van der Waals surface area contributed by atoms with Crippen molar-refractivity contribution in [2.75, 3.05) is 0 Å². The van der Waals surface area contributed by atoms with Crippen molar-refractivity contribution in [2.45, 2.75) is 19.7 Å². The minimum atomic E-state index is -4.91. The molecule has 0 radical (unpaired) electrons. The number of aryl methyl sites for hydroxylation is 1. The van der Waals surface area contributed by atoms with E-state index in [1.54, 1.807) is 6.07 Å². The highest BCUT2D eigenvalue weighted by atomic mass is 19.4. The SMILES string of the molecule is Cc1cc(OC(F)(F)F)c(=O)[nH]c1CC#N. The molecule has 16 heavy (non-hydrogen) atoms. The van der Waals surface area contributed by atoms with Crippen molar-refractivity contribution >= 4 is 0 Å². The monoisotopic (exact) mass is 232 g/mol. The number of rotatable bonds is 2. The van der Waals surface area contributed by atoms with Crippen molar-refractivity contribution in [3.8, 4) is 11.8 Å². The molecule has 0 aromatic carbocycles. The molecular formula is C9H7F3N2O2. The number of alkyl halides is 3. The van der Waals surface area contributed by atoms with Gasteiger partial charge in [0.2, 0.25) is 0 Å². The smallest absolute Gasteiger partial charge is 0.400 e. The summed E-state index contributed by atoms with van der Waals surface area (Å²) >= 11 is 0. The summed E-state index contributed by atoms with van der Waals surface area (Å²) in [5.41, 5.74) is -0.365. The Balaban J connectivity index is 3.12. The van der Waals surface area contributed by atoms with Crippen molar-refractivity contribution < 1.29 is 17.9 Å². The van der Waals surface area contributed by atoms with Crippen molar-refractivity contribution in [1.29, 1.82) is 5.26 Å². The van der Waals surface area contributed by atoms with E-state index in [4.69, 9.17) is 5.26 Å². The number of hydrogen-bond donors (Lipinski definition) is 1. The second-order valence-electron chi connectivity index (χ2n) is 3.01. The molecule has 0 unspecified atom stereocenters. The Morgan fingerprint density at radius 1 is 1.56 bits per heavy atom. The van der Waals surface area contributed by atoms with Gasteiger partial charge < -0.3 is 9.72 Å². The van der Waals surface area contributed by atoms with E-state index in [0.29, 0.717) is 5.56 Å². The predicted molar refractivity (Wildman–Crippen MR) is 47.8 cm³/mol. The van der Waals surface area contributed by atoms with Gasteiger partial charge in [-0.2, -0.15) is 5.26 Å². The fraction of sp³-hybridized carbons (Fsp3) is 0.333. The zero-order chi connectivity index (χ0) is 12.3. The lowest BCUT2D eigenvalue weighted by Gasteiger charge is -2.09. The van der Waals surface area contributed by atoms with E-state index in [9.17, 15) is 18.0 Å². The number of nitrogens with one attached hydrogen (secondary N) is 1. The maximum absolute atomic E-state index is 11.9. The minimum Gasteiger partial charge on any atom is -0.400 e. The van der Waals surface area contributed by atoms with Gasteiger partial charge in [-0.15, -0.1) is 13.2 Å². The van der Waals surface area contributed by atoms with Gasteiger partial charge in [-0.25, -0.2) is 0 Å². The molecule has 0 atom stereocenters. The second kappa shape index (κ2) is 4.26. The first-order valence-electron chi connectivity index (χ1n) is 4.19. The van der Waals surface area contributed by atoms with Crippen LogP contribution in [0.5, 0.6) is 5.75 Å². The number of nitrogens with zero attached hydrogens (tertiary/aromatic N) is 1. The Kier molecular flexibility index (Phi) is 3.22. The molecule has 1 aromatic heterocycles. The highest BCUT2D eigenvalue weighted by molar-refractivity contribution is 5.29. The molecule has 0 amide bonds. The van der Waals surface area contributed by atoms with Crippen LogP contribution in [0.3, 0.4) is 0 Å². The summed E-state index contributed by atoms with van der Waals surface area (Å²) < 4.78 is 39.1. The molecule has 0 fully saturated rings. The van der Waals surface area contributed by atoms with Gasteiger partial charge in [0.1, 0.15) is 0 Å². The van der Waals surface area contributed by atoms with Gasteiger partial charge in [-0.3, -0.25) is 4.79 Å². The molecule has 1 N–H and O–H groups in total. The lowest BCUT2D eigenvalue weighted by Crippen LogP contribution is -2.23. The Morgan fingerprint density at radius 3 is 2.69 bits per heavy atom. The second-order valence-corrected chi connectivity index (χ2v) is 3.01. The summed E-state index contributed by atoms with van der Waals surface area (Å²) in [4.78, 5) is 13.3. The lowest BCUT2D eigenvalue weighted by atomic mass is 10.2. The topological polar surface area (TPSA) is 65.9 Å². The molecule has 0 aliphatic rings. The molecule has 0 saturated heterocycles. The van der Waals surface area contributed by atoms with Crippen LogP contribution in [-0.2, 0) is 6.42 Å². The number of halogens is 3. The Labute approximate surface area is 88.3 Å². The molecule has 0 saturated carbocycles. The van der Waals surface area contributed by atoms with Gasteiger partial charge in [-0.05, 0) is 18.6 Å². The van der Waals surface area contributed by atoms with Crippen LogP contribution >= 0.6 is 0 Å². The van der Waals surface area contributed by atoms with Crippen molar-refractivity contribution in [3.63, 3.8) is 0 Å². The third kappa shape index (κ3) is 3.02. The van der Waals surface area contributed by atoms with E-state index in [-0.39, 0.29) is 12.1 Å². The van der Waals surface area contributed by atoms with E-state index in [0.717, 1.165) is 6.07 Å². The molecule has 4 nitrogen and oxygen atoms in total. The molecule has 0 aliphatic heterocycles. The molecule has 1 rings (SSSR count). The summed E-state index contributed by atoms with van der Waals surface area (Å²) in [5, 5.41) is 8.41. The zero-order valence-corrected chi connectivity index (χ0v) is 8.18. The number of pyridine rings is 1. The lowest BCUT2D eigenvalue weighted by molar-refractivity contribution is -0.275. The number of hydrogen-bond acceptors (Lipinski definition) is 3. The number of nitriles is 1. The molecule has 0 aliphatic carbocycles. The largest absolute Gasteiger partial charge is 0.573 e. The number of aromatic nitrogens is 1. The highest BCUT2D eigenvalue weighted by Gasteiger charge is 2.32. The predicted octanol–water partition coefficient (Wildman–Crippen LogP) is 1.65. The first kappa shape index (κ1) is 12.1. The van der Waals surface area contributed by atoms with Gasteiger partial charge in [0.25, 0.3) is 5.56 Å². The standard InChI is InChI=1S/C9H7F3N2O2/c1-5-4-7(16-9(10,11)12)8(15)14-6(5)2-3-13/h4H,2H2,1H3,(H,14,15). The molecular weight excluding hydrogens is 225 g/mol. The van der Waals surface area contributed by atoms with Crippen LogP contribution in [0.15, 0.2) is 10.9 Å². The summed E-state index contributed by atoms with van der Waals surface area (Å²) in [6.07, 6.45) is -4.98. The molecule has 0 spiro atoms. The van der Waals surface area contributed by atoms with Gasteiger partial charge in [0.15, 0.2) is 5.75 Å². The van der Waals surface area contributed by atoms with E-state index < -0.39 is 17.7 Å².